The molecule has 3 amide bonds. The molecule has 7 nitrogen and oxygen atoms in total. The number of nitrogens with zero attached hydrogens (tertiary/aromatic N) is 1. The average molecular weight is 394 g/mol. The Labute approximate surface area is 167 Å². The van der Waals surface area contributed by atoms with Crippen LogP contribution < -0.4 is 10.6 Å². The molecule has 3 atom stereocenters. The molecule has 158 valence electrons. The van der Waals surface area contributed by atoms with Gasteiger partial charge in [0.25, 0.3) is 0 Å². The summed E-state index contributed by atoms with van der Waals surface area (Å²) in [5.74, 6) is -0.345. The zero-order chi connectivity index (χ0) is 20.1. The summed E-state index contributed by atoms with van der Waals surface area (Å²) in [6.45, 7) is 4.90. The van der Waals surface area contributed by atoms with Crippen molar-refractivity contribution in [2.24, 2.45) is 0 Å². The zero-order valence-electron chi connectivity index (χ0n) is 17.3. The molecule has 0 aromatic rings. The molecule has 1 aliphatic carbocycles. The molecule has 0 unspecified atom stereocenters. The van der Waals surface area contributed by atoms with Gasteiger partial charge in [0.15, 0.2) is 0 Å². The van der Waals surface area contributed by atoms with Crippen LogP contribution in [-0.2, 0) is 19.1 Å². The van der Waals surface area contributed by atoms with Crippen LogP contribution in [0.4, 0.5) is 0 Å². The van der Waals surface area contributed by atoms with Gasteiger partial charge in [-0.05, 0) is 45.4 Å². The Morgan fingerprint density at radius 3 is 2.50 bits per heavy atom. The molecule has 2 N–H and O–H groups in total. The molecule has 2 aliphatic heterocycles. The Kier molecular flexibility index (Phi) is 6.96. The van der Waals surface area contributed by atoms with Crippen molar-refractivity contribution in [3.8, 4) is 0 Å². The monoisotopic (exact) mass is 393 g/mol. The molecule has 0 aromatic carbocycles. The highest BCUT2D eigenvalue weighted by atomic mass is 16.5. The number of ether oxygens (including phenoxy) is 1. The largest absolute Gasteiger partial charge is 0.376 e. The fourth-order valence-corrected chi connectivity index (χ4v) is 4.58. The maximum Gasteiger partial charge on any atom is 0.246 e. The second kappa shape index (κ2) is 9.25. The standard InChI is InChI=1S/C21H35N3O4/c1-3-21(2,20(27)22-15-8-5-4-6-9-15)24(14-16-10-7-13-28-16)19(26)17-11-12-18(25)23-17/h15-17H,3-14H2,1-2H3,(H,22,27)(H,23,25)/t16-,17-,21-/m0/s1. The smallest absolute Gasteiger partial charge is 0.246 e. The normalized spacial score (nSPS) is 27.9. The minimum absolute atomic E-state index is 0.0468. The van der Waals surface area contributed by atoms with Crippen LogP contribution in [0.25, 0.3) is 0 Å². The van der Waals surface area contributed by atoms with Crippen LogP contribution in [-0.4, -0.2) is 59.5 Å². The molecule has 7 heteroatoms. The van der Waals surface area contributed by atoms with Gasteiger partial charge in [0.2, 0.25) is 17.7 Å². The van der Waals surface area contributed by atoms with Crippen molar-refractivity contribution < 1.29 is 19.1 Å². The summed E-state index contributed by atoms with van der Waals surface area (Å²) in [6, 6.07) is -0.347. The third-order valence-electron chi connectivity index (χ3n) is 6.68. The van der Waals surface area contributed by atoms with Gasteiger partial charge < -0.3 is 20.3 Å². The third kappa shape index (κ3) is 4.67. The van der Waals surface area contributed by atoms with Gasteiger partial charge >= 0.3 is 0 Å². The van der Waals surface area contributed by atoms with Crippen molar-refractivity contribution >= 4 is 17.7 Å². The lowest BCUT2D eigenvalue weighted by molar-refractivity contribution is -0.151. The van der Waals surface area contributed by atoms with Crippen molar-refractivity contribution in [3.63, 3.8) is 0 Å². The average Bonchev–Trinajstić information content (AvgIpc) is 3.37. The lowest BCUT2D eigenvalue weighted by Crippen LogP contribution is -2.64. The van der Waals surface area contributed by atoms with Gasteiger partial charge in [-0.15, -0.1) is 0 Å². The molecule has 2 heterocycles. The number of rotatable bonds is 7. The van der Waals surface area contributed by atoms with Crippen molar-refractivity contribution in [1.29, 1.82) is 0 Å². The topological polar surface area (TPSA) is 87.7 Å². The molecule has 0 aromatic heterocycles. The first kappa shape index (κ1) is 21.1. The molecule has 0 radical (unpaired) electrons. The predicted octanol–water partition coefficient (Wildman–Crippen LogP) is 1.89. The van der Waals surface area contributed by atoms with Gasteiger partial charge in [-0.25, -0.2) is 0 Å². The summed E-state index contributed by atoms with van der Waals surface area (Å²) in [5, 5.41) is 5.98. The highest BCUT2D eigenvalue weighted by Crippen LogP contribution is 2.27. The Morgan fingerprint density at radius 1 is 1.18 bits per heavy atom. The highest BCUT2D eigenvalue weighted by molar-refractivity contribution is 5.96. The fourth-order valence-electron chi connectivity index (χ4n) is 4.58. The molecule has 1 saturated carbocycles. The van der Waals surface area contributed by atoms with E-state index in [1.807, 2.05) is 13.8 Å². The number of amides is 3. The van der Waals surface area contributed by atoms with Crippen LogP contribution in [0.3, 0.4) is 0 Å². The van der Waals surface area contributed by atoms with Gasteiger partial charge in [0.1, 0.15) is 11.6 Å². The van der Waals surface area contributed by atoms with Crippen LogP contribution in [0.15, 0.2) is 0 Å². The van der Waals surface area contributed by atoms with Crippen LogP contribution in [0.5, 0.6) is 0 Å². The van der Waals surface area contributed by atoms with Gasteiger partial charge in [0, 0.05) is 25.6 Å². The molecule has 0 bridgehead atoms. The first-order valence-corrected chi connectivity index (χ1v) is 11.0. The zero-order valence-corrected chi connectivity index (χ0v) is 17.3. The highest BCUT2D eigenvalue weighted by Gasteiger charge is 2.45. The first-order chi connectivity index (χ1) is 13.4. The quantitative estimate of drug-likeness (QED) is 0.691. The van der Waals surface area contributed by atoms with Crippen molar-refractivity contribution in [2.75, 3.05) is 13.2 Å². The lowest BCUT2D eigenvalue weighted by Gasteiger charge is -2.42. The molecule has 0 spiro atoms. The molecule has 2 saturated heterocycles. The van der Waals surface area contributed by atoms with E-state index in [4.69, 9.17) is 4.74 Å². The van der Waals surface area contributed by atoms with E-state index < -0.39 is 11.6 Å². The van der Waals surface area contributed by atoms with E-state index >= 15 is 0 Å². The Bertz CT molecular complexity index is 584. The van der Waals surface area contributed by atoms with E-state index in [2.05, 4.69) is 10.6 Å². The Morgan fingerprint density at radius 2 is 1.93 bits per heavy atom. The van der Waals surface area contributed by atoms with E-state index in [1.54, 1.807) is 4.90 Å². The number of hydrogen-bond acceptors (Lipinski definition) is 4. The maximum absolute atomic E-state index is 13.4. The van der Waals surface area contributed by atoms with Crippen molar-refractivity contribution in [3.05, 3.63) is 0 Å². The molecular weight excluding hydrogens is 358 g/mol. The molecule has 3 aliphatic rings. The van der Waals surface area contributed by atoms with Crippen LogP contribution >= 0.6 is 0 Å². The van der Waals surface area contributed by atoms with Crippen LogP contribution in [0, 0.1) is 0 Å². The first-order valence-electron chi connectivity index (χ1n) is 11.0. The summed E-state index contributed by atoms with van der Waals surface area (Å²) in [4.78, 5) is 40.0. The Hall–Kier alpha value is -1.63. The maximum atomic E-state index is 13.4. The summed E-state index contributed by atoms with van der Waals surface area (Å²) in [6.07, 6.45) is 8.70. The molecule has 3 rings (SSSR count). The van der Waals surface area contributed by atoms with E-state index in [-0.39, 0.29) is 29.9 Å². The second-order valence-corrected chi connectivity index (χ2v) is 8.68. The van der Waals surface area contributed by atoms with Gasteiger partial charge in [-0.2, -0.15) is 0 Å². The number of nitrogens with one attached hydrogen (secondary N) is 2. The fraction of sp³-hybridized carbons (Fsp3) is 0.857. The SMILES string of the molecule is CC[C@@](C)(C(=O)NC1CCCCC1)N(C[C@@H]1CCCO1)C(=O)[C@@H]1CCC(=O)N1. The summed E-state index contributed by atoms with van der Waals surface area (Å²) in [5.41, 5.74) is -0.951. The van der Waals surface area contributed by atoms with E-state index in [1.165, 1.54) is 6.42 Å². The summed E-state index contributed by atoms with van der Waals surface area (Å²) in [7, 11) is 0. The summed E-state index contributed by atoms with van der Waals surface area (Å²) < 4.78 is 5.77. The van der Waals surface area contributed by atoms with E-state index in [0.717, 1.165) is 38.5 Å². The minimum Gasteiger partial charge on any atom is -0.376 e. The van der Waals surface area contributed by atoms with Crippen LogP contribution in [0.1, 0.15) is 78.1 Å². The number of carbonyl (C=O) groups excluding carboxylic acids is 3. The number of hydrogen-bond donors (Lipinski definition) is 2. The van der Waals surface area contributed by atoms with Gasteiger partial charge in [-0.1, -0.05) is 26.2 Å². The van der Waals surface area contributed by atoms with E-state index in [0.29, 0.717) is 32.4 Å². The molecule has 28 heavy (non-hydrogen) atoms. The van der Waals surface area contributed by atoms with Crippen molar-refractivity contribution in [2.45, 2.75) is 102 Å². The van der Waals surface area contributed by atoms with Gasteiger partial charge in [0.05, 0.1) is 6.10 Å². The predicted molar refractivity (Wildman–Crippen MR) is 106 cm³/mol. The van der Waals surface area contributed by atoms with Gasteiger partial charge in [-0.3, -0.25) is 14.4 Å². The van der Waals surface area contributed by atoms with E-state index in [9.17, 15) is 14.4 Å². The minimum atomic E-state index is -0.951. The third-order valence-corrected chi connectivity index (χ3v) is 6.68. The molecule has 3 fully saturated rings. The second-order valence-electron chi connectivity index (χ2n) is 8.68. The lowest BCUT2D eigenvalue weighted by atomic mass is 9.90. The van der Waals surface area contributed by atoms with Crippen molar-refractivity contribution in [1.82, 2.24) is 15.5 Å². The summed E-state index contributed by atoms with van der Waals surface area (Å²) >= 11 is 0. The van der Waals surface area contributed by atoms with Crippen LogP contribution in [0.2, 0.25) is 0 Å². The Balaban J connectivity index is 1.78. The molecular formula is C21H35N3O4. The number of carbonyl (C=O) groups is 3.